The van der Waals surface area contributed by atoms with Crippen molar-refractivity contribution in [1.29, 1.82) is 0 Å². The van der Waals surface area contributed by atoms with Crippen LogP contribution in [0.3, 0.4) is 0 Å². The van der Waals surface area contributed by atoms with Crippen molar-refractivity contribution in [2.45, 2.75) is 6.54 Å². The Balaban J connectivity index is 2.19. The summed E-state index contributed by atoms with van der Waals surface area (Å²) in [4.78, 5) is 0. The highest BCUT2D eigenvalue weighted by atomic mass is 79.9. The van der Waals surface area contributed by atoms with Gasteiger partial charge in [-0.1, -0.05) is 15.9 Å². The molecule has 2 aromatic carbocycles. The lowest BCUT2D eigenvalue weighted by atomic mass is 10.2. The summed E-state index contributed by atoms with van der Waals surface area (Å²) in [6.45, 7) is 0.351. The van der Waals surface area contributed by atoms with Crippen molar-refractivity contribution >= 4 is 21.6 Å². The first kappa shape index (κ1) is 15.6. The average molecular weight is 358 g/mol. The topological polar surface area (TPSA) is 30.5 Å². The van der Waals surface area contributed by atoms with Crippen LogP contribution in [0.25, 0.3) is 0 Å². The summed E-state index contributed by atoms with van der Waals surface area (Å²) in [5, 5.41) is 2.92. The molecule has 0 aliphatic heterocycles. The standard InChI is InChI=1S/C15H14BrF2NO2/c1-20-14-5-9(11(16)7-15(14)21-2)8-19-13-4-3-10(17)6-12(13)18/h3-7,19H,8H2,1-2H3. The number of hydrogen-bond donors (Lipinski definition) is 1. The molecule has 0 bridgehead atoms. The Hall–Kier alpha value is -1.82. The smallest absolute Gasteiger partial charge is 0.161 e. The number of nitrogens with one attached hydrogen (secondary N) is 1. The van der Waals surface area contributed by atoms with Crippen molar-refractivity contribution < 1.29 is 18.3 Å². The Morgan fingerprint density at radius 1 is 1.05 bits per heavy atom. The maximum absolute atomic E-state index is 13.6. The van der Waals surface area contributed by atoms with Gasteiger partial charge in [-0.3, -0.25) is 0 Å². The number of halogens is 3. The molecule has 2 rings (SSSR count). The van der Waals surface area contributed by atoms with Gasteiger partial charge in [0.25, 0.3) is 0 Å². The van der Waals surface area contributed by atoms with E-state index in [0.29, 0.717) is 18.0 Å². The van der Waals surface area contributed by atoms with Crippen LogP contribution in [0.4, 0.5) is 14.5 Å². The molecule has 0 spiro atoms. The highest BCUT2D eigenvalue weighted by Crippen LogP contribution is 2.33. The largest absolute Gasteiger partial charge is 0.493 e. The van der Waals surface area contributed by atoms with Crippen LogP contribution >= 0.6 is 15.9 Å². The second kappa shape index (κ2) is 6.76. The molecule has 0 heterocycles. The second-order valence-electron chi connectivity index (χ2n) is 4.28. The summed E-state index contributed by atoms with van der Waals surface area (Å²) in [5.74, 6) is -0.0601. The van der Waals surface area contributed by atoms with E-state index in [2.05, 4.69) is 21.2 Å². The quantitative estimate of drug-likeness (QED) is 0.862. The van der Waals surface area contributed by atoms with E-state index in [0.717, 1.165) is 16.1 Å². The van der Waals surface area contributed by atoms with Gasteiger partial charge >= 0.3 is 0 Å². The number of rotatable bonds is 5. The van der Waals surface area contributed by atoms with Gasteiger partial charge in [0.15, 0.2) is 11.5 Å². The van der Waals surface area contributed by atoms with Crippen molar-refractivity contribution in [3.63, 3.8) is 0 Å². The third kappa shape index (κ3) is 3.64. The molecule has 0 aliphatic rings. The molecule has 0 radical (unpaired) electrons. The number of benzene rings is 2. The average Bonchev–Trinajstić information content (AvgIpc) is 2.47. The van der Waals surface area contributed by atoms with Crippen LogP contribution in [0.2, 0.25) is 0 Å². The fourth-order valence-corrected chi connectivity index (χ4v) is 2.32. The number of ether oxygens (including phenoxy) is 2. The molecule has 0 atom stereocenters. The van der Waals surface area contributed by atoms with Crippen molar-refractivity contribution in [3.8, 4) is 11.5 Å². The Morgan fingerprint density at radius 2 is 1.71 bits per heavy atom. The van der Waals surface area contributed by atoms with Gasteiger partial charge in [-0.2, -0.15) is 0 Å². The molecule has 0 saturated carbocycles. The van der Waals surface area contributed by atoms with Gasteiger partial charge in [-0.15, -0.1) is 0 Å². The summed E-state index contributed by atoms with van der Waals surface area (Å²) in [6.07, 6.45) is 0. The first-order valence-electron chi connectivity index (χ1n) is 6.14. The van der Waals surface area contributed by atoms with E-state index in [-0.39, 0.29) is 5.69 Å². The third-order valence-corrected chi connectivity index (χ3v) is 3.69. The lowest BCUT2D eigenvalue weighted by Crippen LogP contribution is -2.03. The predicted molar refractivity (Wildman–Crippen MR) is 80.9 cm³/mol. The third-order valence-electron chi connectivity index (χ3n) is 2.95. The maximum Gasteiger partial charge on any atom is 0.161 e. The van der Waals surface area contributed by atoms with E-state index in [1.165, 1.54) is 12.1 Å². The fraction of sp³-hybridized carbons (Fsp3) is 0.200. The highest BCUT2D eigenvalue weighted by Gasteiger charge is 2.10. The van der Waals surface area contributed by atoms with Gasteiger partial charge in [0.1, 0.15) is 11.6 Å². The zero-order valence-electron chi connectivity index (χ0n) is 11.5. The molecule has 1 N–H and O–H groups in total. The molecule has 6 heteroatoms. The molecule has 0 unspecified atom stereocenters. The van der Waals surface area contributed by atoms with Crippen molar-refractivity contribution in [2.24, 2.45) is 0 Å². The van der Waals surface area contributed by atoms with Crippen LogP contribution in [0.1, 0.15) is 5.56 Å². The zero-order chi connectivity index (χ0) is 15.4. The lowest BCUT2D eigenvalue weighted by molar-refractivity contribution is 0.354. The van der Waals surface area contributed by atoms with Gasteiger partial charge in [0.2, 0.25) is 0 Å². The summed E-state index contributed by atoms with van der Waals surface area (Å²) >= 11 is 3.43. The Morgan fingerprint density at radius 3 is 2.33 bits per heavy atom. The minimum absolute atomic E-state index is 0.234. The zero-order valence-corrected chi connectivity index (χ0v) is 13.1. The van der Waals surface area contributed by atoms with E-state index in [4.69, 9.17) is 9.47 Å². The van der Waals surface area contributed by atoms with Crippen molar-refractivity contribution in [1.82, 2.24) is 0 Å². The minimum Gasteiger partial charge on any atom is -0.493 e. The van der Waals surface area contributed by atoms with E-state index in [1.807, 2.05) is 0 Å². The van der Waals surface area contributed by atoms with E-state index < -0.39 is 11.6 Å². The van der Waals surface area contributed by atoms with E-state index >= 15 is 0 Å². The predicted octanol–water partition coefficient (Wildman–Crippen LogP) is 4.36. The van der Waals surface area contributed by atoms with Gasteiger partial charge in [0, 0.05) is 17.1 Å². The van der Waals surface area contributed by atoms with Gasteiger partial charge in [-0.05, 0) is 29.8 Å². The van der Waals surface area contributed by atoms with Crippen LogP contribution in [0.5, 0.6) is 11.5 Å². The molecule has 0 amide bonds. The van der Waals surface area contributed by atoms with Crippen LogP contribution in [-0.2, 0) is 6.54 Å². The molecular weight excluding hydrogens is 344 g/mol. The minimum atomic E-state index is -0.633. The SMILES string of the molecule is COc1cc(Br)c(CNc2ccc(F)cc2F)cc1OC. The van der Waals surface area contributed by atoms with Gasteiger partial charge < -0.3 is 14.8 Å². The summed E-state index contributed by atoms with van der Waals surface area (Å²) in [7, 11) is 3.10. The van der Waals surface area contributed by atoms with Crippen LogP contribution in [-0.4, -0.2) is 14.2 Å². The fourth-order valence-electron chi connectivity index (χ4n) is 1.86. The molecular formula is C15H14BrF2NO2. The first-order chi connectivity index (χ1) is 10.0. The molecule has 0 aromatic heterocycles. The van der Waals surface area contributed by atoms with E-state index in [1.54, 1.807) is 26.4 Å². The van der Waals surface area contributed by atoms with E-state index in [9.17, 15) is 8.78 Å². The molecule has 21 heavy (non-hydrogen) atoms. The van der Waals surface area contributed by atoms with Gasteiger partial charge in [0.05, 0.1) is 19.9 Å². The normalized spacial score (nSPS) is 10.3. The molecule has 2 aromatic rings. The summed E-state index contributed by atoms with van der Waals surface area (Å²) in [6, 6.07) is 6.97. The van der Waals surface area contributed by atoms with Crippen LogP contribution in [0.15, 0.2) is 34.8 Å². The van der Waals surface area contributed by atoms with Crippen LogP contribution in [0, 0.1) is 11.6 Å². The van der Waals surface area contributed by atoms with Crippen molar-refractivity contribution in [3.05, 3.63) is 52.0 Å². The Kier molecular flexibility index (Phi) is 5.01. The first-order valence-corrected chi connectivity index (χ1v) is 6.93. The Labute approximate surface area is 130 Å². The van der Waals surface area contributed by atoms with Crippen LogP contribution < -0.4 is 14.8 Å². The molecule has 112 valence electrons. The summed E-state index contributed by atoms with van der Waals surface area (Å²) < 4.78 is 37.6. The summed E-state index contributed by atoms with van der Waals surface area (Å²) in [5.41, 5.74) is 1.09. The number of methoxy groups -OCH3 is 2. The maximum atomic E-state index is 13.6. The van der Waals surface area contributed by atoms with Gasteiger partial charge in [-0.25, -0.2) is 8.78 Å². The number of anilines is 1. The monoisotopic (exact) mass is 357 g/mol. The molecule has 0 saturated heterocycles. The molecule has 0 fully saturated rings. The molecule has 0 aliphatic carbocycles. The molecule has 3 nitrogen and oxygen atoms in total. The lowest BCUT2D eigenvalue weighted by Gasteiger charge is -2.13. The van der Waals surface area contributed by atoms with Crippen molar-refractivity contribution in [2.75, 3.05) is 19.5 Å². The highest BCUT2D eigenvalue weighted by molar-refractivity contribution is 9.10. The Bertz CT molecular complexity index is 650. The second-order valence-corrected chi connectivity index (χ2v) is 5.13. The number of hydrogen-bond acceptors (Lipinski definition) is 3.